The van der Waals surface area contributed by atoms with Crippen molar-refractivity contribution in [3.8, 4) is 0 Å². The number of nitrogens with zero attached hydrogens (tertiary/aromatic N) is 3. The Morgan fingerprint density at radius 3 is 1.88 bits per heavy atom. The summed E-state index contributed by atoms with van der Waals surface area (Å²) in [5, 5.41) is 0. The third-order valence-electron chi connectivity index (χ3n) is 6.04. The molecule has 2 fully saturated rings. The molecule has 0 unspecified atom stereocenters. The number of hydrogen-bond donors (Lipinski definition) is 1. The molecule has 2 heterocycles. The topological polar surface area (TPSA) is 107 Å². The second kappa shape index (κ2) is 10.6. The average molecular weight is 487 g/mol. The normalized spacial score (nSPS) is 20.8. The molecular weight excluding hydrogens is 452 g/mol. The third-order valence-corrected chi connectivity index (χ3v) is 9.53. The lowest BCUT2D eigenvalue weighted by molar-refractivity contribution is -0.135. The third kappa shape index (κ3) is 5.88. The largest absolute Gasteiger partial charge is 0.339 e. The molecule has 0 aromatic heterocycles. The van der Waals surface area contributed by atoms with Gasteiger partial charge in [-0.3, -0.25) is 4.79 Å². The zero-order valence-electron chi connectivity index (χ0n) is 18.8. The number of rotatable bonds is 7. The summed E-state index contributed by atoms with van der Waals surface area (Å²) in [4.78, 5) is 14.8. The molecule has 0 bridgehead atoms. The van der Waals surface area contributed by atoms with Crippen LogP contribution in [0.4, 0.5) is 0 Å². The van der Waals surface area contributed by atoms with Crippen LogP contribution in [0.15, 0.2) is 35.2 Å². The summed E-state index contributed by atoms with van der Waals surface area (Å²) in [6, 6.07) is 7.03. The smallest absolute Gasteiger partial charge is 0.282 e. The summed E-state index contributed by atoms with van der Waals surface area (Å²) in [6.07, 6.45) is 3.83. The van der Waals surface area contributed by atoms with Crippen LogP contribution in [-0.4, -0.2) is 81.6 Å². The highest BCUT2D eigenvalue weighted by Gasteiger charge is 2.37. The highest BCUT2D eigenvalue weighted by molar-refractivity contribution is 7.89. The van der Waals surface area contributed by atoms with Crippen molar-refractivity contribution < 1.29 is 21.6 Å². The van der Waals surface area contributed by atoms with Gasteiger partial charge in [0, 0.05) is 39.3 Å². The van der Waals surface area contributed by atoms with Crippen molar-refractivity contribution in [1.29, 1.82) is 0 Å². The highest BCUT2D eigenvalue weighted by atomic mass is 32.2. The molecule has 11 heteroatoms. The number of nitrogens with one attached hydrogen (secondary N) is 1. The Hall–Kier alpha value is -1.53. The average Bonchev–Trinajstić information content (AvgIpc) is 3.08. The fourth-order valence-electron chi connectivity index (χ4n) is 4.08. The molecule has 1 N–H and O–H groups in total. The quantitative estimate of drug-likeness (QED) is 0.624. The van der Waals surface area contributed by atoms with Crippen LogP contribution in [0.25, 0.3) is 0 Å². The van der Waals surface area contributed by atoms with Gasteiger partial charge in [0.05, 0.1) is 4.90 Å². The standard InChI is InChI=1S/C21H34N4O5S2/c1-18(2)20(22-31(27,28)19-10-6-5-7-11-19)21(26)23-14-16-25(17-15-23)32(29,30)24-12-8-3-4-9-13-24/h5-7,10-11,18,20,22H,3-4,8-9,12-17H2,1-2H3/t20-/m0/s1. The first-order chi connectivity index (χ1) is 15.1. The van der Waals surface area contributed by atoms with Gasteiger partial charge >= 0.3 is 0 Å². The molecule has 2 aliphatic heterocycles. The second-order valence-corrected chi connectivity index (χ2v) is 12.3. The molecule has 2 saturated heterocycles. The van der Waals surface area contributed by atoms with Crippen molar-refractivity contribution in [3.05, 3.63) is 30.3 Å². The Balaban J connectivity index is 1.65. The molecule has 0 aliphatic carbocycles. The Morgan fingerprint density at radius 1 is 0.812 bits per heavy atom. The van der Waals surface area contributed by atoms with Gasteiger partial charge in [-0.1, -0.05) is 44.9 Å². The summed E-state index contributed by atoms with van der Waals surface area (Å²) < 4.78 is 57.1. The molecule has 1 aromatic rings. The molecule has 180 valence electrons. The molecule has 2 aliphatic rings. The summed E-state index contributed by atoms with van der Waals surface area (Å²) in [6.45, 7) is 5.55. The molecule has 0 radical (unpaired) electrons. The maximum absolute atomic E-state index is 13.2. The van der Waals surface area contributed by atoms with Crippen LogP contribution < -0.4 is 4.72 Å². The number of amides is 1. The minimum absolute atomic E-state index is 0.104. The Labute approximate surface area is 192 Å². The van der Waals surface area contributed by atoms with Crippen molar-refractivity contribution in [1.82, 2.24) is 18.2 Å². The van der Waals surface area contributed by atoms with Crippen molar-refractivity contribution >= 4 is 26.1 Å². The maximum Gasteiger partial charge on any atom is 0.282 e. The van der Waals surface area contributed by atoms with Crippen LogP contribution in [0.2, 0.25) is 0 Å². The predicted octanol–water partition coefficient (Wildman–Crippen LogP) is 1.25. The minimum Gasteiger partial charge on any atom is -0.339 e. The van der Waals surface area contributed by atoms with Gasteiger partial charge < -0.3 is 4.90 Å². The predicted molar refractivity (Wildman–Crippen MR) is 123 cm³/mol. The van der Waals surface area contributed by atoms with Gasteiger partial charge in [-0.2, -0.15) is 21.8 Å². The van der Waals surface area contributed by atoms with Gasteiger partial charge in [0.1, 0.15) is 6.04 Å². The molecule has 0 spiro atoms. The molecule has 1 aromatic carbocycles. The van der Waals surface area contributed by atoms with Gasteiger partial charge in [0.15, 0.2) is 0 Å². The maximum atomic E-state index is 13.2. The van der Waals surface area contributed by atoms with Gasteiger partial charge in [0.25, 0.3) is 10.2 Å². The van der Waals surface area contributed by atoms with Gasteiger partial charge in [-0.25, -0.2) is 8.42 Å². The van der Waals surface area contributed by atoms with E-state index >= 15 is 0 Å². The Kier molecular flexibility index (Phi) is 8.31. The first-order valence-electron chi connectivity index (χ1n) is 11.2. The van der Waals surface area contributed by atoms with Crippen molar-refractivity contribution in [3.63, 3.8) is 0 Å². The van der Waals surface area contributed by atoms with E-state index in [1.165, 1.54) is 16.4 Å². The number of carbonyl (C=O) groups excluding carboxylic acids is 1. The molecule has 32 heavy (non-hydrogen) atoms. The van der Waals surface area contributed by atoms with Crippen LogP contribution in [0.1, 0.15) is 39.5 Å². The van der Waals surface area contributed by atoms with Crippen molar-refractivity contribution in [2.75, 3.05) is 39.3 Å². The summed E-state index contributed by atoms with van der Waals surface area (Å²) in [5.74, 6) is -0.592. The number of hydrogen-bond acceptors (Lipinski definition) is 5. The van der Waals surface area contributed by atoms with E-state index in [2.05, 4.69) is 4.72 Å². The molecular formula is C21H34N4O5S2. The number of carbonyl (C=O) groups is 1. The lowest BCUT2D eigenvalue weighted by atomic mass is 10.0. The van der Waals surface area contributed by atoms with E-state index in [4.69, 9.17) is 0 Å². The van der Waals surface area contributed by atoms with E-state index in [-0.39, 0.29) is 42.9 Å². The monoisotopic (exact) mass is 486 g/mol. The van der Waals surface area contributed by atoms with Crippen LogP contribution in [0.5, 0.6) is 0 Å². The van der Waals surface area contributed by atoms with Crippen LogP contribution in [-0.2, 0) is 25.0 Å². The van der Waals surface area contributed by atoms with E-state index in [0.29, 0.717) is 13.1 Å². The van der Waals surface area contributed by atoms with E-state index in [0.717, 1.165) is 25.7 Å². The fraction of sp³-hybridized carbons (Fsp3) is 0.667. The first-order valence-corrected chi connectivity index (χ1v) is 14.1. The molecule has 1 amide bonds. The first kappa shape index (κ1) is 25.1. The molecule has 3 rings (SSSR count). The fourth-order valence-corrected chi connectivity index (χ4v) is 7.11. The zero-order chi connectivity index (χ0) is 23.4. The number of sulfonamides is 1. The van der Waals surface area contributed by atoms with Crippen LogP contribution in [0, 0.1) is 5.92 Å². The summed E-state index contributed by atoms with van der Waals surface area (Å²) >= 11 is 0. The van der Waals surface area contributed by atoms with E-state index < -0.39 is 26.3 Å². The number of piperazine rings is 1. The van der Waals surface area contributed by atoms with Gasteiger partial charge in [-0.15, -0.1) is 0 Å². The molecule has 0 saturated carbocycles. The summed E-state index contributed by atoms with van der Waals surface area (Å²) in [5.41, 5.74) is 0. The SMILES string of the molecule is CC(C)[C@H](NS(=O)(=O)c1ccccc1)C(=O)N1CCN(S(=O)(=O)N2CCCCCC2)CC1. The lowest BCUT2D eigenvalue weighted by Gasteiger charge is -2.38. The highest BCUT2D eigenvalue weighted by Crippen LogP contribution is 2.19. The van der Waals surface area contributed by atoms with E-state index in [9.17, 15) is 21.6 Å². The van der Waals surface area contributed by atoms with E-state index in [1.807, 2.05) is 0 Å². The minimum atomic E-state index is -3.85. The van der Waals surface area contributed by atoms with E-state index in [1.54, 1.807) is 41.3 Å². The van der Waals surface area contributed by atoms with Gasteiger partial charge in [-0.05, 0) is 30.9 Å². The van der Waals surface area contributed by atoms with Crippen molar-refractivity contribution in [2.45, 2.75) is 50.5 Å². The Morgan fingerprint density at radius 2 is 1.34 bits per heavy atom. The zero-order valence-corrected chi connectivity index (χ0v) is 20.4. The van der Waals surface area contributed by atoms with Crippen LogP contribution >= 0.6 is 0 Å². The number of benzene rings is 1. The lowest BCUT2D eigenvalue weighted by Crippen LogP contribution is -2.58. The molecule has 9 nitrogen and oxygen atoms in total. The van der Waals surface area contributed by atoms with Gasteiger partial charge in [0.2, 0.25) is 15.9 Å². The Bertz CT molecular complexity index is 967. The second-order valence-electron chi connectivity index (χ2n) is 8.70. The van der Waals surface area contributed by atoms with Crippen molar-refractivity contribution in [2.24, 2.45) is 5.92 Å². The molecule has 1 atom stereocenters. The summed E-state index contributed by atoms with van der Waals surface area (Å²) in [7, 11) is -7.39. The van der Waals surface area contributed by atoms with Crippen LogP contribution in [0.3, 0.4) is 0 Å².